The lowest BCUT2D eigenvalue weighted by molar-refractivity contribution is -0.151. The largest absolute Gasteiger partial charge is 0.479 e. The van der Waals surface area contributed by atoms with Gasteiger partial charge in [0, 0.05) is 13.2 Å². The fourth-order valence-corrected chi connectivity index (χ4v) is 2.31. The summed E-state index contributed by atoms with van der Waals surface area (Å²) in [6.45, 7) is 1.23. The van der Waals surface area contributed by atoms with E-state index in [2.05, 4.69) is 5.32 Å². The third-order valence-corrected chi connectivity index (χ3v) is 3.37. The number of hydrogen-bond donors (Lipinski definition) is 2. The number of hydrogen-bond acceptors (Lipinski definition) is 4. The molecule has 0 aromatic heterocycles. The van der Waals surface area contributed by atoms with Gasteiger partial charge in [0.25, 0.3) is 0 Å². The maximum absolute atomic E-state index is 11.8. The van der Waals surface area contributed by atoms with Crippen molar-refractivity contribution in [3.63, 3.8) is 0 Å². The van der Waals surface area contributed by atoms with Gasteiger partial charge in [-0.1, -0.05) is 0 Å². The van der Waals surface area contributed by atoms with Crippen LogP contribution in [0.4, 0.5) is 0 Å². The molecule has 2 heterocycles. The number of ether oxygens (including phenoxy) is 2. The molecule has 1 unspecified atom stereocenters. The van der Waals surface area contributed by atoms with Crippen molar-refractivity contribution < 1.29 is 24.2 Å². The number of carbonyl (C=O) groups excluding carboxylic acids is 1. The van der Waals surface area contributed by atoms with E-state index < -0.39 is 18.2 Å². The van der Waals surface area contributed by atoms with Crippen LogP contribution in [0.2, 0.25) is 0 Å². The Balaban J connectivity index is 1.70. The van der Waals surface area contributed by atoms with Crippen molar-refractivity contribution in [3.05, 3.63) is 0 Å². The number of carboxylic acids is 1. The summed E-state index contributed by atoms with van der Waals surface area (Å²) in [6, 6.07) is 0. The zero-order valence-corrected chi connectivity index (χ0v) is 10.3. The third kappa shape index (κ3) is 3.43. The summed E-state index contributed by atoms with van der Waals surface area (Å²) >= 11 is 0. The van der Waals surface area contributed by atoms with Gasteiger partial charge in [-0.3, -0.25) is 4.79 Å². The van der Waals surface area contributed by atoms with Crippen LogP contribution in [0.25, 0.3) is 0 Å². The Labute approximate surface area is 106 Å². The van der Waals surface area contributed by atoms with Crippen LogP contribution < -0.4 is 5.32 Å². The molecule has 2 aliphatic heterocycles. The number of carbonyl (C=O) groups is 2. The summed E-state index contributed by atoms with van der Waals surface area (Å²) in [5.74, 6) is -1.23. The minimum Gasteiger partial charge on any atom is -0.479 e. The molecule has 2 rings (SSSR count). The van der Waals surface area contributed by atoms with Gasteiger partial charge in [-0.05, 0) is 32.1 Å². The number of rotatable bonds is 4. The highest BCUT2D eigenvalue weighted by Gasteiger charge is 2.34. The molecule has 2 aliphatic rings. The highest BCUT2D eigenvalue weighted by molar-refractivity contribution is 5.82. The molecule has 102 valence electrons. The Morgan fingerprint density at radius 2 is 1.94 bits per heavy atom. The van der Waals surface area contributed by atoms with Gasteiger partial charge in [0.05, 0.1) is 6.10 Å². The van der Waals surface area contributed by atoms with Gasteiger partial charge in [-0.25, -0.2) is 4.79 Å². The first kappa shape index (κ1) is 13.3. The van der Waals surface area contributed by atoms with E-state index >= 15 is 0 Å². The average Bonchev–Trinajstić information content (AvgIpc) is 2.87. The Kier molecular flexibility index (Phi) is 4.54. The van der Waals surface area contributed by atoms with Gasteiger partial charge in [0.2, 0.25) is 5.91 Å². The van der Waals surface area contributed by atoms with E-state index in [1.807, 2.05) is 0 Å². The van der Waals surface area contributed by atoms with Gasteiger partial charge in [-0.15, -0.1) is 0 Å². The summed E-state index contributed by atoms with van der Waals surface area (Å²) in [5, 5.41) is 11.5. The SMILES string of the molecule is O=C(NCC1CCCCO1)[C@@H]1CC[C@H](C(=O)O)O1. The van der Waals surface area contributed by atoms with E-state index in [0.29, 0.717) is 19.4 Å². The van der Waals surface area contributed by atoms with Crippen molar-refractivity contribution >= 4 is 11.9 Å². The van der Waals surface area contributed by atoms with E-state index in [4.69, 9.17) is 14.6 Å². The van der Waals surface area contributed by atoms with Crippen molar-refractivity contribution in [2.75, 3.05) is 13.2 Å². The van der Waals surface area contributed by atoms with Gasteiger partial charge in [0.1, 0.15) is 6.10 Å². The summed E-state index contributed by atoms with van der Waals surface area (Å²) in [6.07, 6.45) is 2.64. The molecule has 0 bridgehead atoms. The van der Waals surface area contributed by atoms with Crippen LogP contribution in [0, 0.1) is 0 Å². The fourth-order valence-electron chi connectivity index (χ4n) is 2.31. The lowest BCUT2D eigenvalue weighted by atomic mass is 10.1. The fraction of sp³-hybridized carbons (Fsp3) is 0.833. The van der Waals surface area contributed by atoms with Crippen LogP contribution in [0.1, 0.15) is 32.1 Å². The summed E-state index contributed by atoms with van der Waals surface area (Å²) in [4.78, 5) is 22.5. The highest BCUT2D eigenvalue weighted by Crippen LogP contribution is 2.20. The minimum absolute atomic E-state index is 0.0828. The Morgan fingerprint density at radius 1 is 1.17 bits per heavy atom. The van der Waals surface area contributed by atoms with Crippen LogP contribution >= 0.6 is 0 Å². The molecule has 18 heavy (non-hydrogen) atoms. The summed E-state index contributed by atoms with van der Waals surface area (Å²) in [5.41, 5.74) is 0. The predicted molar refractivity (Wildman–Crippen MR) is 62.1 cm³/mol. The molecule has 0 spiro atoms. The molecule has 0 aliphatic carbocycles. The third-order valence-electron chi connectivity index (χ3n) is 3.37. The Hall–Kier alpha value is -1.14. The second-order valence-corrected chi connectivity index (χ2v) is 4.76. The van der Waals surface area contributed by atoms with E-state index in [-0.39, 0.29) is 12.0 Å². The zero-order valence-electron chi connectivity index (χ0n) is 10.3. The predicted octanol–water partition coefficient (Wildman–Crippen LogP) is 0.304. The average molecular weight is 257 g/mol. The molecular weight excluding hydrogens is 238 g/mol. The molecule has 0 aromatic carbocycles. The lowest BCUT2D eigenvalue weighted by Crippen LogP contribution is -2.41. The standard InChI is InChI=1S/C12H19NO5/c14-11(9-4-5-10(18-9)12(15)16)13-7-8-3-1-2-6-17-8/h8-10H,1-7H2,(H,13,14)(H,15,16)/t8?,9-,10+/m0/s1. The van der Waals surface area contributed by atoms with Crippen LogP contribution in [0.5, 0.6) is 0 Å². The minimum atomic E-state index is -0.999. The number of nitrogens with one attached hydrogen (secondary N) is 1. The molecule has 2 N–H and O–H groups in total. The van der Waals surface area contributed by atoms with Gasteiger partial charge < -0.3 is 19.9 Å². The van der Waals surface area contributed by atoms with E-state index in [9.17, 15) is 9.59 Å². The topological polar surface area (TPSA) is 84.9 Å². The van der Waals surface area contributed by atoms with Crippen molar-refractivity contribution in [2.24, 2.45) is 0 Å². The Morgan fingerprint density at radius 3 is 2.56 bits per heavy atom. The van der Waals surface area contributed by atoms with E-state index in [1.54, 1.807) is 0 Å². The molecular formula is C12H19NO5. The number of carboxylic acid groups (broad SMARTS) is 1. The molecule has 2 saturated heterocycles. The summed E-state index contributed by atoms with van der Waals surface area (Å²) in [7, 11) is 0. The molecule has 0 aromatic rings. The molecule has 1 amide bonds. The first-order chi connectivity index (χ1) is 8.66. The van der Waals surface area contributed by atoms with Crippen molar-refractivity contribution in [2.45, 2.75) is 50.4 Å². The maximum atomic E-state index is 11.8. The molecule has 0 radical (unpaired) electrons. The second kappa shape index (κ2) is 6.15. The van der Waals surface area contributed by atoms with E-state index in [1.165, 1.54) is 0 Å². The molecule has 0 saturated carbocycles. The quantitative estimate of drug-likeness (QED) is 0.757. The van der Waals surface area contributed by atoms with Gasteiger partial charge >= 0.3 is 5.97 Å². The van der Waals surface area contributed by atoms with Crippen LogP contribution in [-0.2, 0) is 19.1 Å². The summed E-state index contributed by atoms with van der Waals surface area (Å²) < 4.78 is 10.7. The lowest BCUT2D eigenvalue weighted by Gasteiger charge is -2.23. The highest BCUT2D eigenvalue weighted by atomic mass is 16.5. The molecule has 2 fully saturated rings. The molecule has 3 atom stereocenters. The first-order valence-corrected chi connectivity index (χ1v) is 6.44. The molecule has 6 nitrogen and oxygen atoms in total. The number of amides is 1. The first-order valence-electron chi connectivity index (χ1n) is 6.44. The van der Waals surface area contributed by atoms with Crippen LogP contribution in [0.3, 0.4) is 0 Å². The number of aliphatic carboxylic acids is 1. The van der Waals surface area contributed by atoms with E-state index in [0.717, 1.165) is 25.9 Å². The Bertz CT molecular complexity index is 314. The molecule has 6 heteroatoms. The van der Waals surface area contributed by atoms with Gasteiger partial charge in [-0.2, -0.15) is 0 Å². The maximum Gasteiger partial charge on any atom is 0.332 e. The van der Waals surface area contributed by atoms with Crippen molar-refractivity contribution in [1.82, 2.24) is 5.32 Å². The van der Waals surface area contributed by atoms with Crippen LogP contribution in [0.15, 0.2) is 0 Å². The smallest absolute Gasteiger partial charge is 0.332 e. The normalized spacial score (nSPS) is 32.1. The van der Waals surface area contributed by atoms with Crippen LogP contribution in [-0.4, -0.2) is 48.4 Å². The monoisotopic (exact) mass is 257 g/mol. The van der Waals surface area contributed by atoms with Gasteiger partial charge in [0.15, 0.2) is 6.10 Å². The van der Waals surface area contributed by atoms with Crippen molar-refractivity contribution in [1.29, 1.82) is 0 Å². The zero-order chi connectivity index (χ0) is 13.0. The second-order valence-electron chi connectivity index (χ2n) is 4.76. The van der Waals surface area contributed by atoms with Crippen molar-refractivity contribution in [3.8, 4) is 0 Å².